The maximum Gasteiger partial charge on any atom is 0.271 e. The standard InChI is InChI=1S/C19H18N2O2S/c1-2-23-16-10-6-9-15(11-16)19-21-17(13-24-19)18(22)20-12-14-7-4-3-5-8-14/h3-11,13H,2,12H2,1H3,(H,20,22). The van der Waals surface area contributed by atoms with Gasteiger partial charge in [-0.2, -0.15) is 0 Å². The van der Waals surface area contributed by atoms with Crippen LogP contribution in [0.1, 0.15) is 23.0 Å². The van der Waals surface area contributed by atoms with E-state index in [-0.39, 0.29) is 5.91 Å². The summed E-state index contributed by atoms with van der Waals surface area (Å²) in [5, 5.41) is 5.48. The van der Waals surface area contributed by atoms with Crippen molar-refractivity contribution in [1.82, 2.24) is 10.3 Å². The van der Waals surface area contributed by atoms with Crippen molar-refractivity contribution in [3.63, 3.8) is 0 Å². The zero-order chi connectivity index (χ0) is 16.8. The normalized spacial score (nSPS) is 10.4. The first-order chi connectivity index (χ1) is 11.8. The molecule has 3 rings (SSSR count). The molecule has 0 aliphatic heterocycles. The molecule has 0 fully saturated rings. The van der Waals surface area contributed by atoms with E-state index >= 15 is 0 Å². The predicted molar refractivity (Wildman–Crippen MR) is 96.3 cm³/mol. The Hall–Kier alpha value is -2.66. The highest BCUT2D eigenvalue weighted by atomic mass is 32.1. The molecule has 0 saturated carbocycles. The number of nitrogens with zero attached hydrogens (tertiary/aromatic N) is 1. The molecule has 1 heterocycles. The van der Waals surface area contributed by atoms with Gasteiger partial charge in [0.15, 0.2) is 0 Å². The molecule has 0 radical (unpaired) electrons. The molecule has 1 amide bonds. The number of carbonyl (C=O) groups excluding carboxylic acids is 1. The van der Waals surface area contributed by atoms with Crippen LogP contribution in [0.3, 0.4) is 0 Å². The van der Waals surface area contributed by atoms with Crippen molar-refractivity contribution in [2.45, 2.75) is 13.5 Å². The molecule has 3 aromatic rings. The zero-order valence-corrected chi connectivity index (χ0v) is 14.2. The van der Waals surface area contributed by atoms with E-state index in [0.717, 1.165) is 21.9 Å². The lowest BCUT2D eigenvalue weighted by Gasteiger charge is -2.04. The monoisotopic (exact) mass is 338 g/mol. The van der Waals surface area contributed by atoms with Gasteiger partial charge in [-0.05, 0) is 24.6 Å². The maximum absolute atomic E-state index is 12.2. The van der Waals surface area contributed by atoms with Crippen molar-refractivity contribution in [3.8, 4) is 16.3 Å². The Kier molecular flexibility index (Phi) is 5.23. The number of rotatable bonds is 6. The number of benzene rings is 2. The van der Waals surface area contributed by atoms with Gasteiger partial charge in [-0.3, -0.25) is 4.79 Å². The van der Waals surface area contributed by atoms with Crippen molar-refractivity contribution >= 4 is 17.2 Å². The molecule has 0 spiro atoms. The SMILES string of the molecule is CCOc1cccc(-c2nc(C(=O)NCc3ccccc3)cs2)c1. The van der Waals surface area contributed by atoms with Crippen LogP contribution in [0.4, 0.5) is 0 Å². The molecular formula is C19H18N2O2S. The highest BCUT2D eigenvalue weighted by Gasteiger charge is 2.12. The lowest BCUT2D eigenvalue weighted by Crippen LogP contribution is -2.23. The third-order valence-electron chi connectivity index (χ3n) is 3.42. The lowest BCUT2D eigenvalue weighted by atomic mass is 10.2. The van der Waals surface area contributed by atoms with Crippen LogP contribution < -0.4 is 10.1 Å². The molecule has 0 atom stereocenters. The molecule has 0 bridgehead atoms. The van der Waals surface area contributed by atoms with Crippen LogP contribution in [0.25, 0.3) is 10.6 Å². The second kappa shape index (κ2) is 7.75. The summed E-state index contributed by atoms with van der Waals surface area (Å²) in [5.41, 5.74) is 2.45. The molecule has 5 heteroatoms. The number of thiazole rings is 1. The van der Waals surface area contributed by atoms with Crippen LogP contribution in [-0.4, -0.2) is 17.5 Å². The second-order valence-corrected chi connectivity index (χ2v) is 6.03. The number of amides is 1. The zero-order valence-electron chi connectivity index (χ0n) is 13.4. The molecule has 122 valence electrons. The highest BCUT2D eigenvalue weighted by Crippen LogP contribution is 2.27. The molecule has 1 aromatic heterocycles. The van der Waals surface area contributed by atoms with E-state index < -0.39 is 0 Å². The summed E-state index contributed by atoms with van der Waals surface area (Å²) < 4.78 is 5.51. The van der Waals surface area contributed by atoms with Gasteiger partial charge in [0, 0.05) is 17.5 Å². The van der Waals surface area contributed by atoms with Crippen LogP contribution in [0.2, 0.25) is 0 Å². The number of ether oxygens (including phenoxy) is 1. The predicted octanol–water partition coefficient (Wildman–Crippen LogP) is 4.14. The van der Waals surface area contributed by atoms with Crippen LogP contribution in [0.15, 0.2) is 60.0 Å². The van der Waals surface area contributed by atoms with Gasteiger partial charge in [-0.25, -0.2) is 4.98 Å². The van der Waals surface area contributed by atoms with Crippen molar-refractivity contribution < 1.29 is 9.53 Å². The molecule has 2 aromatic carbocycles. The van der Waals surface area contributed by atoms with E-state index in [1.807, 2.05) is 61.5 Å². The third kappa shape index (κ3) is 4.00. The van der Waals surface area contributed by atoms with Crippen LogP contribution in [0, 0.1) is 0 Å². The Balaban J connectivity index is 1.68. The highest BCUT2D eigenvalue weighted by molar-refractivity contribution is 7.13. The topological polar surface area (TPSA) is 51.2 Å². The van der Waals surface area contributed by atoms with Crippen LogP contribution in [0.5, 0.6) is 5.75 Å². The fourth-order valence-electron chi connectivity index (χ4n) is 2.26. The van der Waals surface area contributed by atoms with E-state index in [9.17, 15) is 4.79 Å². The summed E-state index contributed by atoms with van der Waals surface area (Å²) in [4.78, 5) is 16.7. The fourth-order valence-corrected chi connectivity index (χ4v) is 3.06. The summed E-state index contributed by atoms with van der Waals surface area (Å²) in [5.74, 6) is 0.641. The average molecular weight is 338 g/mol. The molecule has 1 N–H and O–H groups in total. The van der Waals surface area contributed by atoms with Gasteiger partial charge in [-0.1, -0.05) is 42.5 Å². The quantitative estimate of drug-likeness (QED) is 0.735. The molecule has 4 nitrogen and oxygen atoms in total. The van der Waals surface area contributed by atoms with Gasteiger partial charge >= 0.3 is 0 Å². The first-order valence-corrected chi connectivity index (χ1v) is 8.65. The smallest absolute Gasteiger partial charge is 0.271 e. The summed E-state index contributed by atoms with van der Waals surface area (Å²) in [6, 6.07) is 17.6. The lowest BCUT2D eigenvalue weighted by molar-refractivity contribution is 0.0946. The fraction of sp³-hybridized carbons (Fsp3) is 0.158. The molecule has 24 heavy (non-hydrogen) atoms. The van der Waals surface area contributed by atoms with Crippen LogP contribution in [-0.2, 0) is 6.54 Å². The van der Waals surface area contributed by atoms with Crippen molar-refractivity contribution in [3.05, 3.63) is 71.2 Å². The number of nitrogens with one attached hydrogen (secondary N) is 1. The van der Waals surface area contributed by atoms with Gasteiger partial charge in [0.2, 0.25) is 0 Å². The first-order valence-electron chi connectivity index (χ1n) is 7.77. The van der Waals surface area contributed by atoms with E-state index in [0.29, 0.717) is 18.8 Å². The Morgan fingerprint density at radius 1 is 1.17 bits per heavy atom. The average Bonchev–Trinajstić information content (AvgIpc) is 3.11. The summed E-state index contributed by atoms with van der Waals surface area (Å²) in [6.45, 7) is 3.06. The third-order valence-corrected chi connectivity index (χ3v) is 4.32. The van der Waals surface area contributed by atoms with Gasteiger partial charge < -0.3 is 10.1 Å². The van der Waals surface area contributed by atoms with Gasteiger partial charge in [0.1, 0.15) is 16.5 Å². The second-order valence-electron chi connectivity index (χ2n) is 5.17. The molecule has 0 unspecified atom stereocenters. The number of carbonyl (C=O) groups is 1. The Bertz CT molecular complexity index is 815. The number of hydrogen-bond donors (Lipinski definition) is 1. The summed E-state index contributed by atoms with van der Waals surface area (Å²) in [7, 11) is 0. The van der Waals surface area contributed by atoms with Crippen molar-refractivity contribution in [2.75, 3.05) is 6.61 Å². The van der Waals surface area contributed by atoms with Crippen LogP contribution >= 0.6 is 11.3 Å². The first kappa shape index (κ1) is 16.2. The minimum absolute atomic E-state index is 0.165. The summed E-state index contributed by atoms with van der Waals surface area (Å²) >= 11 is 1.45. The number of hydrogen-bond acceptors (Lipinski definition) is 4. The largest absolute Gasteiger partial charge is 0.494 e. The van der Waals surface area contributed by atoms with E-state index in [1.165, 1.54) is 11.3 Å². The Morgan fingerprint density at radius 2 is 2.00 bits per heavy atom. The Morgan fingerprint density at radius 3 is 2.79 bits per heavy atom. The molecular weight excluding hydrogens is 320 g/mol. The van der Waals surface area contributed by atoms with E-state index in [2.05, 4.69) is 10.3 Å². The van der Waals surface area contributed by atoms with Gasteiger partial charge in [0.25, 0.3) is 5.91 Å². The van der Waals surface area contributed by atoms with E-state index in [4.69, 9.17) is 4.74 Å². The minimum atomic E-state index is -0.165. The van der Waals surface area contributed by atoms with Crippen molar-refractivity contribution in [2.24, 2.45) is 0 Å². The Labute approximate surface area is 145 Å². The van der Waals surface area contributed by atoms with Crippen molar-refractivity contribution in [1.29, 1.82) is 0 Å². The minimum Gasteiger partial charge on any atom is -0.494 e. The molecule has 0 aliphatic rings. The van der Waals surface area contributed by atoms with Gasteiger partial charge in [0.05, 0.1) is 6.61 Å². The maximum atomic E-state index is 12.2. The molecule has 0 saturated heterocycles. The summed E-state index contributed by atoms with van der Waals surface area (Å²) in [6.07, 6.45) is 0. The number of aromatic nitrogens is 1. The van der Waals surface area contributed by atoms with E-state index in [1.54, 1.807) is 5.38 Å². The van der Waals surface area contributed by atoms with Gasteiger partial charge in [-0.15, -0.1) is 11.3 Å². The molecule has 0 aliphatic carbocycles.